The maximum Gasteiger partial charge on any atom is 0.191 e. The molecule has 0 aliphatic carbocycles. The minimum absolute atomic E-state index is 0. The quantitative estimate of drug-likeness (QED) is 0.339. The first kappa shape index (κ1) is 23.6. The van der Waals surface area contributed by atoms with Crippen molar-refractivity contribution in [2.24, 2.45) is 10.9 Å². The molecule has 1 aromatic carbocycles. The lowest BCUT2D eigenvalue weighted by Gasteiger charge is -2.37. The highest BCUT2D eigenvalue weighted by Crippen LogP contribution is 2.12. The van der Waals surface area contributed by atoms with Crippen LogP contribution in [0.2, 0.25) is 0 Å². The minimum Gasteiger partial charge on any atom is -0.379 e. The molecule has 7 nitrogen and oxygen atoms in total. The summed E-state index contributed by atoms with van der Waals surface area (Å²) < 4.78 is 7.36. The third-order valence-corrected chi connectivity index (χ3v) is 5.13. The van der Waals surface area contributed by atoms with E-state index in [-0.39, 0.29) is 24.0 Å². The van der Waals surface area contributed by atoms with Gasteiger partial charge in [0.15, 0.2) is 5.96 Å². The Morgan fingerprint density at radius 1 is 1.21 bits per heavy atom. The summed E-state index contributed by atoms with van der Waals surface area (Å²) in [5.41, 5.74) is 2.24. The van der Waals surface area contributed by atoms with Gasteiger partial charge in [0.25, 0.3) is 0 Å². The highest BCUT2D eigenvalue weighted by atomic mass is 127. The number of halogens is 1. The number of benzene rings is 1. The van der Waals surface area contributed by atoms with E-state index in [1.54, 1.807) is 6.20 Å². The Hall–Kier alpha value is -1.65. The molecule has 0 spiro atoms. The predicted molar refractivity (Wildman–Crippen MR) is 128 cm³/mol. The van der Waals surface area contributed by atoms with Gasteiger partial charge in [0.05, 0.1) is 18.9 Å². The number of aromatic nitrogens is 2. The van der Waals surface area contributed by atoms with E-state index in [2.05, 4.69) is 63.7 Å². The first-order valence-electron chi connectivity index (χ1n) is 10.0. The fourth-order valence-electron chi connectivity index (χ4n) is 3.53. The minimum atomic E-state index is 0. The van der Waals surface area contributed by atoms with Gasteiger partial charge in [-0.25, -0.2) is 4.68 Å². The zero-order chi connectivity index (χ0) is 19.8. The highest BCUT2D eigenvalue weighted by Gasteiger charge is 2.23. The number of guanidine groups is 1. The first-order valence-corrected chi connectivity index (χ1v) is 10.0. The van der Waals surface area contributed by atoms with Gasteiger partial charge < -0.3 is 15.4 Å². The summed E-state index contributed by atoms with van der Waals surface area (Å²) in [7, 11) is 1.81. The van der Waals surface area contributed by atoms with Crippen LogP contribution in [0.3, 0.4) is 0 Å². The molecule has 1 aromatic heterocycles. The second kappa shape index (κ2) is 12.1. The number of aliphatic imine (C=N–C) groups is 1. The summed E-state index contributed by atoms with van der Waals surface area (Å²) in [6.45, 7) is 9.76. The molecule has 1 aliphatic heterocycles. The summed E-state index contributed by atoms with van der Waals surface area (Å²) in [6.07, 6.45) is 3.74. The topological polar surface area (TPSA) is 66.7 Å². The molecule has 3 rings (SSSR count). The standard InChI is InChI=1S/C21H32N6O.HI/c1-17(2)20(26-10-12-28-13-11-26)16-24-21(22-3)23-15-18-6-4-7-19(14-18)27-9-5-8-25-27;/h4-9,14,17,20H,10-13,15-16H2,1-3H3,(H2,22,23,24);1H. The van der Waals surface area contributed by atoms with Crippen molar-refractivity contribution < 1.29 is 4.74 Å². The molecule has 0 saturated carbocycles. The van der Waals surface area contributed by atoms with Crippen molar-refractivity contribution in [3.8, 4) is 5.69 Å². The Kier molecular flexibility index (Phi) is 9.89. The third kappa shape index (κ3) is 6.97. The number of morpholine rings is 1. The highest BCUT2D eigenvalue weighted by molar-refractivity contribution is 14.0. The molecule has 8 heteroatoms. The number of hydrogen-bond donors (Lipinski definition) is 2. The summed E-state index contributed by atoms with van der Waals surface area (Å²) in [4.78, 5) is 6.90. The molecule has 1 fully saturated rings. The van der Waals surface area contributed by atoms with E-state index in [0.717, 1.165) is 44.5 Å². The molecule has 1 saturated heterocycles. The van der Waals surface area contributed by atoms with Gasteiger partial charge in [-0.3, -0.25) is 9.89 Å². The second-order valence-corrected chi connectivity index (χ2v) is 7.39. The van der Waals surface area contributed by atoms with E-state index >= 15 is 0 Å². The van der Waals surface area contributed by atoms with Crippen molar-refractivity contribution in [2.45, 2.75) is 26.4 Å². The monoisotopic (exact) mass is 512 g/mol. The molecule has 1 unspecified atom stereocenters. The molecular formula is C21H33IN6O. The summed E-state index contributed by atoms with van der Waals surface area (Å²) in [5.74, 6) is 1.39. The number of nitrogens with one attached hydrogen (secondary N) is 2. The molecule has 1 atom stereocenters. The van der Waals surface area contributed by atoms with Crippen molar-refractivity contribution in [1.82, 2.24) is 25.3 Å². The lowest BCUT2D eigenvalue weighted by molar-refractivity contribution is 0.00752. The van der Waals surface area contributed by atoms with E-state index in [1.807, 2.05) is 24.0 Å². The van der Waals surface area contributed by atoms with E-state index in [4.69, 9.17) is 4.74 Å². The zero-order valence-corrected chi connectivity index (χ0v) is 19.9. The van der Waals surface area contributed by atoms with Gasteiger partial charge in [-0.2, -0.15) is 5.10 Å². The van der Waals surface area contributed by atoms with Crippen LogP contribution in [-0.2, 0) is 11.3 Å². The Morgan fingerprint density at radius 2 is 2.00 bits per heavy atom. The Bertz CT molecular complexity index is 743. The third-order valence-electron chi connectivity index (χ3n) is 5.13. The van der Waals surface area contributed by atoms with Crippen LogP contribution < -0.4 is 10.6 Å². The van der Waals surface area contributed by atoms with Gasteiger partial charge in [-0.15, -0.1) is 24.0 Å². The van der Waals surface area contributed by atoms with Gasteiger partial charge in [-0.05, 0) is 29.7 Å². The Morgan fingerprint density at radius 3 is 2.66 bits per heavy atom. The maximum atomic E-state index is 5.50. The second-order valence-electron chi connectivity index (χ2n) is 7.39. The molecule has 0 bridgehead atoms. The number of hydrogen-bond acceptors (Lipinski definition) is 4. The average molecular weight is 512 g/mol. The van der Waals surface area contributed by atoms with E-state index < -0.39 is 0 Å². The van der Waals surface area contributed by atoms with Crippen molar-refractivity contribution in [2.75, 3.05) is 39.9 Å². The molecule has 0 amide bonds. The van der Waals surface area contributed by atoms with Crippen LogP contribution >= 0.6 is 24.0 Å². The SMILES string of the molecule is CN=C(NCc1cccc(-n2cccn2)c1)NCC(C(C)C)N1CCOCC1.I. The zero-order valence-electron chi connectivity index (χ0n) is 17.5. The van der Waals surface area contributed by atoms with Crippen LogP contribution in [0, 0.1) is 5.92 Å². The summed E-state index contributed by atoms with van der Waals surface area (Å²) in [6, 6.07) is 10.7. The van der Waals surface area contributed by atoms with Crippen LogP contribution in [0.4, 0.5) is 0 Å². The van der Waals surface area contributed by atoms with Crippen molar-refractivity contribution in [1.29, 1.82) is 0 Å². The lowest BCUT2D eigenvalue weighted by atomic mass is 10.0. The molecule has 0 radical (unpaired) electrons. The van der Waals surface area contributed by atoms with Crippen LogP contribution in [0.25, 0.3) is 5.69 Å². The van der Waals surface area contributed by atoms with Gasteiger partial charge in [0, 0.05) is 51.7 Å². The van der Waals surface area contributed by atoms with Gasteiger partial charge in [-0.1, -0.05) is 26.0 Å². The molecule has 2 heterocycles. The largest absolute Gasteiger partial charge is 0.379 e. The number of rotatable bonds is 7. The smallest absolute Gasteiger partial charge is 0.191 e. The van der Waals surface area contributed by atoms with Crippen LogP contribution in [0.1, 0.15) is 19.4 Å². The Labute approximate surface area is 190 Å². The Balaban J connectivity index is 0.00000300. The van der Waals surface area contributed by atoms with Crippen LogP contribution in [0.5, 0.6) is 0 Å². The maximum absolute atomic E-state index is 5.50. The molecule has 2 N–H and O–H groups in total. The normalized spacial score (nSPS) is 16.3. The fourth-order valence-corrected chi connectivity index (χ4v) is 3.53. The van der Waals surface area contributed by atoms with Gasteiger partial charge in [0.2, 0.25) is 0 Å². The number of nitrogens with zero attached hydrogens (tertiary/aromatic N) is 4. The molecule has 1 aliphatic rings. The summed E-state index contributed by atoms with van der Waals surface area (Å²) >= 11 is 0. The predicted octanol–water partition coefficient (Wildman–Crippen LogP) is 2.51. The average Bonchev–Trinajstić information content (AvgIpc) is 3.26. The van der Waals surface area contributed by atoms with E-state index in [0.29, 0.717) is 18.5 Å². The number of ether oxygens (including phenoxy) is 1. The fraction of sp³-hybridized carbons (Fsp3) is 0.524. The summed E-state index contributed by atoms with van der Waals surface area (Å²) in [5, 5.41) is 11.2. The first-order chi connectivity index (χ1) is 13.7. The van der Waals surface area contributed by atoms with Crippen molar-refractivity contribution in [3.05, 3.63) is 48.3 Å². The van der Waals surface area contributed by atoms with Gasteiger partial charge >= 0.3 is 0 Å². The van der Waals surface area contributed by atoms with Crippen LogP contribution in [0.15, 0.2) is 47.7 Å². The van der Waals surface area contributed by atoms with E-state index in [1.165, 1.54) is 5.56 Å². The van der Waals surface area contributed by atoms with Crippen molar-refractivity contribution in [3.63, 3.8) is 0 Å². The van der Waals surface area contributed by atoms with Crippen LogP contribution in [-0.4, -0.2) is 66.6 Å². The van der Waals surface area contributed by atoms with Crippen molar-refractivity contribution >= 4 is 29.9 Å². The molecular weight excluding hydrogens is 479 g/mol. The molecule has 2 aromatic rings. The lowest BCUT2D eigenvalue weighted by Crippen LogP contribution is -2.52. The van der Waals surface area contributed by atoms with E-state index in [9.17, 15) is 0 Å². The van der Waals surface area contributed by atoms with Gasteiger partial charge in [0.1, 0.15) is 0 Å². The molecule has 160 valence electrons. The molecule has 29 heavy (non-hydrogen) atoms.